The average Bonchev–Trinajstić information content (AvgIpc) is 2.62. The number of anilines is 1. The van der Waals surface area contributed by atoms with Crippen molar-refractivity contribution >= 4 is 40.6 Å². The molecule has 0 amide bonds. The molecule has 0 radical (unpaired) electrons. The van der Waals surface area contributed by atoms with Crippen LogP contribution in [0.5, 0.6) is 0 Å². The second-order valence-electron chi connectivity index (χ2n) is 5.39. The van der Waals surface area contributed by atoms with Gasteiger partial charge in [-0.25, -0.2) is 4.79 Å². The van der Waals surface area contributed by atoms with Gasteiger partial charge in [-0.15, -0.1) is 0 Å². The Morgan fingerprint density at radius 2 is 1.92 bits per heavy atom. The Morgan fingerprint density at radius 3 is 2.56 bits per heavy atom. The molecule has 0 aliphatic carbocycles. The first kappa shape index (κ1) is 19.2. The molecule has 6 heteroatoms. The van der Waals surface area contributed by atoms with E-state index >= 15 is 0 Å². The largest absolute Gasteiger partial charge is 0.462 e. The lowest BCUT2D eigenvalue weighted by atomic mass is 10.1. The molecule has 1 atom stereocenters. The maximum absolute atomic E-state index is 11.9. The predicted octanol–water partition coefficient (Wildman–Crippen LogP) is 4.95. The highest BCUT2D eigenvalue weighted by Gasteiger charge is 2.14. The summed E-state index contributed by atoms with van der Waals surface area (Å²) >= 11 is 11.5. The van der Waals surface area contributed by atoms with Gasteiger partial charge in [0.1, 0.15) is 0 Å². The van der Waals surface area contributed by atoms with E-state index in [2.05, 4.69) is 29.7 Å². The van der Waals surface area contributed by atoms with Crippen LogP contribution in [0.15, 0.2) is 48.5 Å². The molecule has 2 N–H and O–H groups in total. The minimum atomic E-state index is -0.453. The summed E-state index contributed by atoms with van der Waals surface area (Å²) < 4.78 is 5.01. The summed E-state index contributed by atoms with van der Waals surface area (Å²) in [6, 6.07) is 15.3. The van der Waals surface area contributed by atoms with Crippen molar-refractivity contribution in [3.8, 4) is 0 Å². The second-order valence-corrected chi connectivity index (χ2v) is 6.20. The van der Waals surface area contributed by atoms with E-state index in [0.717, 1.165) is 12.0 Å². The third kappa shape index (κ3) is 5.44. The van der Waals surface area contributed by atoms with E-state index < -0.39 is 5.97 Å². The highest BCUT2D eigenvalue weighted by atomic mass is 35.5. The second kappa shape index (κ2) is 9.39. The van der Waals surface area contributed by atoms with Crippen molar-refractivity contribution in [1.82, 2.24) is 5.32 Å². The number of nitrogens with one attached hydrogen (secondary N) is 2. The molecule has 0 spiro atoms. The van der Waals surface area contributed by atoms with Gasteiger partial charge in [0.15, 0.2) is 5.11 Å². The molecule has 0 saturated heterocycles. The Bertz CT molecular complexity index is 737. The van der Waals surface area contributed by atoms with E-state index in [4.69, 9.17) is 28.6 Å². The minimum absolute atomic E-state index is 0.109. The first-order valence-corrected chi connectivity index (χ1v) is 8.92. The summed E-state index contributed by atoms with van der Waals surface area (Å²) in [6.45, 7) is 4.14. The van der Waals surface area contributed by atoms with Crippen molar-refractivity contribution in [3.63, 3.8) is 0 Å². The number of benzene rings is 2. The fraction of sp³-hybridized carbons (Fsp3) is 0.263. The molecular weight excluding hydrogens is 356 g/mol. The molecule has 0 fully saturated rings. The van der Waals surface area contributed by atoms with Gasteiger partial charge in [-0.2, -0.15) is 0 Å². The van der Waals surface area contributed by atoms with Crippen molar-refractivity contribution < 1.29 is 9.53 Å². The van der Waals surface area contributed by atoms with Gasteiger partial charge in [0.05, 0.1) is 23.2 Å². The summed E-state index contributed by atoms with van der Waals surface area (Å²) in [5.74, 6) is -0.453. The van der Waals surface area contributed by atoms with E-state index in [9.17, 15) is 4.79 Å². The molecule has 25 heavy (non-hydrogen) atoms. The molecule has 0 aliphatic rings. The fourth-order valence-corrected chi connectivity index (χ4v) is 2.85. The van der Waals surface area contributed by atoms with Gasteiger partial charge in [0.25, 0.3) is 0 Å². The monoisotopic (exact) mass is 376 g/mol. The average molecular weight is 377 g/mol. The molecule has 2 aromatic carbocycles. The first-order valence-electron chi connectivity index (χ1n) is 8.14. The normalized spacial score (nSPS) is 11.5. The van der Waals surface area contributed by atoms with Crippen LogP contribution in [0.3, 0.4) is 0 Å². The molecule has 0 aliphatic heterocycles. The maximum Gasteiger partial charge on any atom is 0.339 e. The van der Waals surface area contributed by atoms with Crippen LogP contribution in [0.2, 0.25) is 5.02 Å². The molecule has 0 unspecified atom stereocenters. The van der Waals surface area contributed by atoms with Gasteiger partial charge in [-0.1, -0.05) is 48.9 Å². The first-order chi connectivity index (χ1) is 12.0. The van der Waals surface area contributed by atoms with Crippen LogP contribution >= 0.6 is 23.8 Å². The number of thiocarbonyl (C=S) groups is 1. The van der Waals surface area contributed by atoms with Gasteiger partial charge < -0.3 is 15.4 Å². The fourth-order valence-electron chi connectivity index (χ4n) is 2.40. The van der Waals surface area contributed by atoms with E-state index in [0.29, 0.717) is 28.0 Å². The predicted molar refractivity (Wildman–Crippen MR) is 106 cm³/mol. The van der Waals surface area contributed by atoms with Crippen LogP contribution in [0.25, 0.3) is 0 Å². The van der Waals surface area contributed by atoms with Crippen LogP contribution in [-0.4, -0.2) is 17.7 Å². The molecule has 2 aromatic rings. The van der Waals surface area contributed by atoms with Gasteiger partial charge in [-0.3, -0.25) is 0 Å². The minimum Gasteiger partial charge on any atom is -0.462 e. The summed E-state index contributed by atoms with van der Waals surface area (Å²) in [4.78, 5) is 11.9. The van der Waals surface area contributed by atoms with E-state index in [1.807, 2.05) is 18.2 Å². The molecule has 132 valence electrons. The van der Waals surface area contributed by atoms with Crippen molar-refractivity contribution in [3.05, 3.63) is 64.7 Å². The Kier molecular flexibility index (Phi) is 7.22. The standard InChI is InChI=1S/C19H21ClN2O2S/c1-3-17(13-8-6-5-7-9-13)22-19(25)21-14-10-11-16(20)15(12-14)18(23)24-4-2/h5-12,17H,3-4H2,1-2H3,(H2,21,22,25)/t17-/m1/s1. The zero-order valence-electron chi connectivity index (χ0n) is 14.2. The van der Waals surface area contributed by atoms with Gasteiger partial charge in [0, 0.05) is 5.69 Å². The molecule has 0 saturated carbocycles. The summed E-state index contributed by atoms with van der Waals surface area (Å²) in [7, 11) is 0. The van der Waals surface area contributed by atoms with Gasteiger partial charge >= 0.3 is 5.97 Å². The highest BCUT2D eigenvalue weighted by molar-refractivity contribution is 7.80. The lowest BCUT2D eigenvalue weighted by molar-refractivity contribution is 0.0526. The van der Waals surface area contributed by atoms with Crippen molar-refractivity contribution in [2.24, 2.45) is 0 Å². The number of rotatable bonds is 6. The third-order valence-corrected chi connectivity index (χ3v) is 4.18. The number of hydrogen-bond acceptors (Lipinski definition) is 3. The molecule has 0 aromatic heterocycles. The van der Waals surface area contributed by atoms with Crippen LogP contribution in [-0.2, 0) is 4.74 Å². The Morgan fingerprint density at radius 1 is 1.20 bits per heavy atom. The maximum atomic E-state index is 11.9. The summed E-state index contributed by atoms with van der Waals surface area (Å²) in [6.07, 6.45) is 0.889. The van der Waals surface area contributed by atoms with Crippen LogP contribution in [0, 0.1) is 0 Å². The van der Waals surface area contributed by atoms with E-state index in [-0.39, 0.29) is 6.04 Å². The SMILES string of the molecule is CCOC(=O)c1cc(NC(=S)N[C@H](CC)c2ccccc2)ccc1Cl. The zero-order chi connectivity index (χ0) is 18.2. The smallest absolute Gasteiger partial charge is 0.339 e. The van der Waals surface area contributed by atoms with Gasteiger partial charge in [-0.05, 0) is 49.3 Å². The number of halogens is 1. The lowest BCUT2D eigenvalue weighted by Gasteiger charge is -2.20. The van der Waals surface area contributed by atoms with Crippen molar-refractivity contribution in [1.29, 1.82) is 0 Å². The molecule has 4 nitrogen and oxygen atoms in total. The number of ether oxygens (including phenoxy) is 1. The molecular formula is C19H21ClN2O2S. The van der Waals surface area contributed by atoms with Gasteiger partial charge in [0.2, 0.25) is 0 Å². The summed E-state index contributed by atoms with van der Waals surface area (Å²) in [5, 5.41) is 7.21. The number of esters is 1. The van der Waals surface area contributed by atoms with Crippen molar-refractivity contribution in [2.75, 3.05) is 11.9 Å². The van der Waals surface area contributed by atoms with Crippen molar-refractivity contribution in [2.45, 2.75) is 26.3 Å². The van der Waals surface area contributed by atoms with E-state index in [1.165, 1.54) is 0 Å². The Labute approximate surface area is 158 Å². The quantitative estimate of drug-likeness (QED) is 0.551. The molecule has 0 bridgehead atoms. The lowest BCUT2D eigenvalue weighted by Crippen LogP contribution is -2.32. The van der Waals surface area contributed by atoms with Crippen LogP contribution in [0.1, 0.15) is 42.2 Å². The highest BCUT2D eigenvalue weighted by Crippen LogP contribution is 2.22. The molecule has 2 rings (SSSR count). The topological polar surface area (TPSA) is 50.4 Å². The molecule has 0 heterocycles. The third-order valence-electron chi connectivity index (χ3n) is 3.64. The van der Waals surface area contributed by atoms with Crippen LogP contribution in [0.4, 0.5) is 5.69 Å². The zero-order valence-corrected chi connectivity index (χ0v) is 15.8. The van der Waals surface area contributed by atoms with E-state index in [1.54, 1.807) is 25.1 Å². The summed E-state index contributed by atoms with van der Waals surface area (Å²) in [5.41, 5.74) is 2.15. The number of carbonyl (C=O) groups is 1. The Balaban J connectivity index is 2.07. The van der Waals surface area contributed by atoms with Crippen LogP contribution < -0.4 is 10.6 Å². The Hall–Kier alpha value is -2.11. The number of carbonyl (C=O) groups excluding carboxylic acids is 1. The number of hydrogen-bond donors (Lipinski definition) is 2.